The molecule has 2 aromatic rings. The van der Waals surface area contributed by atoms with Gasteiger partial charge >= 0.3 is 12.4 Å². The lowest BCUT2D eigenvalue weighted by molar-refractivity contribution is -0.288. The van der Waals surface area contributed by atoms with Crippen LogP contribution >= 0.6 is 25.3 Å². The third-order valence-electron chi connectivity index (χ3n) is 3.77. The highest BCUT2D eigenvalue weighted by Gasteiger charge is 2.72. The number of thiol groups is 2. The highest BCUT2D eigenvalue weighted by atomic mass is 32.1. The van der Waals surface area contributed by atoms with Gasteiger partial charge in [-0.15, -0.1) is 25.3 Å². The van der Waals surface area contributed by atoms with Crippen LogP contribution in [-0.4, -0.2) is 12.4 Å². The zero-order valence-electron chi connectivity index (χ0n) is 12.3. The molecule has 0 saturated carbocycles. The van der Waals surface area contributed by atoms with Crippen molar-refractivity contribution in [3.8, 4) is 0 Å². The summed E-state index contributed by atoms with van der Waals surface area (Å²) in [6.45, 7) is 0. The number of nitrogen functional groups attached to an aromatic ring is 2. The largest absolute Gasteiger partial charge is 0.411 e. The average Bonchev–Trinajstić information content (AvgIpc) is 2.44. The Morgan fingerprint density at radius 2 is 1.12 bits per heavy atom. The van der Waals surface area contributed by atoms with Crippen molar-refractivity contribution < 1.29 is 26.3 Å². The van der Waals surface area contributed by atoms with Crippen molar-refractivity contribution in [2.75, 3.05) is 11.5 Å². The Morgan fingerprint density at radius 3 is 1.56 bits per heavy atom. The zero-order valence-corrected chi connectivity index (χ0v) is 14.1. The van der Waals surface area contributed by atoms with Gasteiger partial charge in [0.2, 0.25) is 5.41 Å². The summed E-state index contributed by atoms with van der Waals surface area (Å²) in [4.78, 5) is -0.136. The average molecular weight is 398 g/mol. The van der Waals surface area contributed by atoms with Crippen molar-refractivity contribution in [3.63, 3.8) is 0 Å². The van der Waals surface area contributed by atoms with Gasteiger partial charge in [-0.2, -0.15) is 26.3 Å². The number of halogens is 6. The zero-order chi connectivity index (χ0) is 19.2. The number of nitrogens with two attached hydrogens (primary N) is 2. The van der Waals surface area contributed by atoms with Gasteiger partial charge in [0.15, 0.2) is 0 Å². The summed E-state index contributed by atoms with van der Waals surface area (Å²) in [5.74, 6) is 0. The summed E-state index contributed by atoms with van der Waals surface area (Å²) in [6, 6.07) is 4.59. The summed E-state index contributed by atoms with van der Waals surface area (Å²) in [6.07, 6.45) is -11.4. The Morgan fingerprint density at radius 1 is 0.640 bits per heavy atom. The van der Waals surface area contributed by atoms with Crippen LogP contribution in [0.1, 0.15) is 11.1 Å². The lowest BCUT2D eigenvalue weighted by Gasteiger charge is -2.38. The van der Waals surface area contributed by atoms with Crippen LogP contribution in [0.5, 0.6) is 0 Å². The molecule has 0 spiro atoms. The summed E-state index contributed by atoms with van der Waals surface area (Å²) in [5.41, 5.74) is 4.19. The van der Waals surface area contributed by atoms with Crippen LogP contribution in [0.25, 0.3) is 0 Å². The SMILES string of the molecule is Nc1cc(C(c2ccc(N)c(S)c2)(C(F)(F)F)C(F)(F)F)ccc1S. The van der Waals surface area contributed by atoms with Gasteiger partial charge in [-0.3, -0.25) is 0 Å². The molecule has 0 radical (unpaired) electrons. The summed E-state index contributed by atoms with van der Waals surface area (Å²) >= 11 is 7.73. The number of benzene rings is 2. The van der Waals surface area contributed by atoms with Gasteiger partial charge < -0.3 is 11.5 Å². The molecule has 0 amide bonds. The molecule has 0 aliphatic carbocycles. The Kier molecular flexibility index (Phi) is 4.90. The quantitative estimate of drug-likeness (QED) is 0.333. The van der Waals surface area contributed by atoms with E-state index in [2.05, 4.69) is 25.3 Å². The fourth-order valence-electron chi connectivity index (χ4n) is 2.55. The smallest absolute Gasteiger partial charge is 0.398 e. The molecule has 0 atom stereocenters. The predicted octanol–water partition coefficient (Wildman–Crippen LogP) is 4.84. The van der Waals surface area contributed by atoms with E-state index in [1.54, 1.807) is 0 Å². The number of hydrogen-bond acceptors (Lipinski definition) is 4. The molecule has 2 aromatic carbocycles. The van der Waals surface area contributed by atoms with Crippen LogP contribution in [0, 0.1) is 0 Å². The molecule has 0 aliphatic heterocycles. The maximum atomic E-state index is 13.9. The fourth-order valence-corrected chi connectivity index (χ4v) is 2.90. The van der Waals surface area contributed by atoms with Crippen LogP contribution in [0.2, 0.25) is 0 Å². The van der Waals surface area contributed by atoms with Gasteiger partial charge in [-0.1, -0.05) is 12.1 Å². The number of alkyl halides is 6. The van der Waals surface area contributed by atoms with Crippen molar-refractivity contribution in [3.05, 3.63) is 47.5 Å². The lowest BCUT2D eigenvalue weighted by atomic mass is 9.72. The van der Waals surface area contributed by atoms with E-state index >= 15 is 0 Å². The summed E-state index contributed by atoms with van der Waals surface area (Å²) < 4.78 is 83.2. The molecular weight excluding hydrogens is 386 g/mol. The van der Waals surface area contributed by atoms with Crippen LogP contribution in [0.3, 0.4) is 0 Å². The van der Waals surface area contributed by atoms with Crippen molar-refractivity contribution in [1.29, 1.82) is 0 Å². The van der Waals surface area contributed by atoms with E-state index < -0.39 is 28.9 Å². The molecular formula is C15H12F6N2S2. The molecule has 0 saturated heterocycles. The topological polar surface area (TPSA) is 52.0 Å². The van der Waals surface area contributed by atoms with Crippen LogP contribution in [0.15, 0.2) is 46.2 Å². The molecule has 0 aliphatic rings. The van der Waals surface area contributed by atoms with Gasteiger partial charge in [0, 0.05) is 21.2 Å². The highest BCUT2D eigenvalue weighted by molar-refractivity contribution is 7.80. The first-order chi connectivity index (χ1) is 11.3. The first-order valence-electron chi connectivity index (χ1n) is 6.63. The molecule has 0 unspecified atom stereocenters. The molecule has 10 heteroatoms. The van der Waals surface area contributed by atoms with Crippen molar-refractivity contribution >= 4 is 36.6 Å². The number of hydrogen-bond donors (Lipinski definition) is 4. The Bertz CT molecular complexity index is 734. The second-order valence-corrected chi connectivity index (χ2v) is 6.26. The summed E-state index contributed by atoms with van der Waals surface area (Å²) in [5, 5.41) is 0. The Labute approximate surface area is 150 Å². The molecule has 136 valence electrons. The molecule has 0 heterocycles. The maximum Gasteiger partial charge on any atom is 0.411 e. The number of anilines is 2. The van der Waals surface area contributed by atoms with Crippen LogP contribution in [-0.2, 0) is 5.41 Å². The monoisotopic (exact) mass is 398 g/mol. The van der Waals surface area contributed by atoms with E-state index in [-0.39, 0.29) is 21.2 Å². The molecule has 2 rings (SSSR count). The van der Waals surface area contributed by atoms with Gasteiger partial charge in [0.25, 0.3) is 0 Å². The van der Waals surface area contributed by atoms with Crippen LogP contribution < -0.4 is 11.5 Å². The van der Waals surface area contributed by atoms with Crippen LogP contribution in [0.4, 0.5) is 37.7 Å². The van der Waals surface area contributed by atoms with Crippen molar-refractivity contribution in [2.24, 2.45) is 0 Å². The molecule has 0 bridgehead atoms. The molecule has 0 aromatic heterocycles. The molecule has 25 heavy (non-hydrogen) atoms. The maximum absolute atomic E-state index is 13.9. The minimum absolute atomic E-state index is 0.0458. The summed E-state index contributed by atoms with van der Waals surface area (Å²) in [7, 11) is 0. The predicted molar refractivity (Wildman–Crippen MR) is 89.1 cm³/mol. The molecule has 4 N–H and O–H groups in total. The third kappa shape index (κ3) is 3.12. The third-order valence-corrected chi connectivity index (χ3v) is 4.57. The Balaban J connectivity index is 2.96. The standard InChI is InChI=1S/C15H12F6N2S2/c16-14(17,18)13(15(19,20)21,7-2-4-11(24)10(23)5-7)8-1-3-9(22)12(25)6-8/h1-6,24-25H,22-23H2. The minimum atomic E-state index is -5.70. The van der Waals surface area contributed by atoms with Crippen molar-refractivity contribution in [2.45, 2.75) is 27.6 Å². The van der Waals surface area contributed by atoms with Gasteiger partial charge in [-0.05, 0) is 35.4 Å². The Hall–Kier alpha value is -1.68. The van der Waals surface area contributed by atoms with E-state index in [0.29, 0.717) is 24.3 Å². The van der Waals surface area contributed by atoms with E-state index in [4.69, 9.17) is 11.5 Å². The van der Waals surface area contributed by atoms with Gasteiger partial charge in [0.1, 0.15) is 0 Å². The minimum Gasteiger partial charge on any atom is -0.398 e. The second kappa shape index (κ2) is 6.24. The highest BCUT2D eigenvalue weighted by Crippen LogP contribution is 2.56. The second-order valence-electron chi connectivity index (χ2n) is 5.29. The van der Waals surface area contributed by atoms with Gasteiger partial charge in [0.05, 0.1) is 0 Å². The first-order valence-corrected chi connectivity index (χ1v) is 7.53. The van der Waals surface area contributed by atoms with E-state index in [1.165, 1.54) is 0 Å². The lowest BCUT2D eigenvalue weighted by Crippen LogP contribution is -2.54. The normalized spacial score (nSPS) is 13.1. The first kappa shape index (κ1) is 19.6. The molecule has 2 nitrogen and oxygen atoms in total. The fraction of sp³-hybridized carbons (Fsp3) is 0.200. The van der Waals surface area contributed by atoms with Gasteiger partial charge in [-0.25, -0.2) is 0 Å². The van der Waals surface area contributed by atoms with E-state index in [1.807, 2.05) is 0 Å². The number of rotatable bonds is 2. The van der Waals surface area contributed by atoms with E-state index in [9.17, 15) is 26.3 Å². The molecule has 0 fully saturated rings. The van der Waals surface area contributed by atoms with E-state index in [0.717, 1.165) is 12.1 Å². The van der Waals surface area contributed by atoms with Crippen molar-refractivity contribution in [1.82, 2.24) is 0 Å².